The van der Waals surface area contributed by atoms with Gasteiger partial charge in [-0.05, 0) is 31.4 Å². The van der Waals surface area contributed by atoms with E-state index >= 15 is 0 Å². The highest BCUT2D eigenvalue weighted by Gasteiger charge is 2.40. The molecule has 7 heteroatoms. The van der Waals surface area contributed by atoms with Gasteiger partial charge in [-0.15, -0.1) is 12.4 Å². The van der Waals surface area contributed by atoms with E-state index in [0.29, 0.717) is 17.8 Å². The molecule has 2 N–H and O–H groups in total. The number of aromatic nitrogens is 2. The summed E-state index contributed by atoms with van der Waals surface area (Å²) in [5.41, 5.74) is 1.82. The minimum atomic E-state index is -0.0294. The lowest BCUT2D eigenvalue weighted by molar-refractivity contribution is 0.206. The maximum absolute atomic E-state index is 12.7. The van der Waals surface area contributed by atoms with Crippen molar-refractivity contribution in [2.75, 3.05) is 25.0 Å². The molecular formula is C17H22ClN5O. The molecule has 2 saturated heterocycles. The van der Waals surface area contributed by atoms with Crippen LogP contribution in [0.4, 0.5) is 10.6 Å². The highest BCUT2D eigenvalue weighted by molar-refractivity contribution is 5.89. The number of carbonyl (C=O) groups excluding carboxylic acids is 1. The Kier molecular flexibility index (Phi) is 4.78. The Labute approximate surface area is 147 Å². The number of halogens is 1. The van der Waals surface area contributed by atoms with Gasteiger partial charge < -0.3 is 10.2 Å². The van der Waals surface area contributed by atoms with Crippen LogP contribution in [0.5, 0.6) is 0 Å². The Morgan fingerprint density at radius 2 is 2.08 bits per heavy atom. The molecule has 0 aliphatic carbocycles. The quantitative estimate of drug-likeness (QED) is 0.877. The second-order valence-corrected chi connectivity index (χ2v) is 6.32. The van der Waals surface area contributed by atoms with Crippen molar-refractivity contribution in [2.45, 2.75) is 19.4 Å². The van der Waals surface area contributed by atoms with E-state index in [1.165, 1.54) is 0 Å². The number of nitrogens with zero attached hydrogens (tertiary/aromatic N) is 3. The van der Waals surface area contributed by atoms with Crippen LogP contribution in [0.15, 0.2) is 36.4 Å². The maximum atomic E-state index is 12.7. The van der Waals surface area contributed by atoms with Gasteiger partial charge in [0.1, 0.15) is 5.82 Å². The summed E-state index contributed by atoms with van der Waals surface area (Å²) in [6.45, 7) is 4.69. The smallest absolute Gasteiger partial charge is 0.320 e. The van der Waals surface area contributed by atoms with Crippen LogP contribution in [0.2, 0.25) is 0 Å². The average Bonchev–Trinajstić information content (AvgIpc) is 3.23. The molecule has 0 saturated carbocycles. The van der Waals surface area contributed by atoms with E-state index in [4.69, 9.17) is 0 Å². The van der Waals surface area contributed by atoms with Crippen molar-refractivity contribution in [3.05, 3.63) is 42.1 Å². The van der Waals surface area contributed by atoms with E-state index in [0.717, 1.165) is 37.4 Å². The molecule has 2 atom stereocenters. The van der Waals surface area contributed by atoms with Crippen molar-refractivity contribution in [3.63, 3.8) is 0 Å². The highest BCUT2D eigenvalue weighted by Crippen LogP contribution is 2.28. The Balaban J connectivity index is 0.00000169. The molecule has 2 aliphatic rings. The standard InChI is InChI=1S/C17H21N5O.ClH/c1-12-9-16(22(20-12)14-5-3-2-4-6-14)19-17(23)21-8-7-13-10-18-11-15(13)21;/h2-6,9,13,15,18H,7-8,10-11H2,1H3,(H,19,23);1H/t13-,15+;/m0./s1. The number of benzene rings is 1. The first-order valence-electron chi connectivity index (χ1n) is 8.13. The van der Waals surface area contributed by atoms with E-state index in [1.807, 2.05) is 48.2 Å². The zero-order valence-electron chi connectivity index (χ0n) is 13.6. The maximum Gasteiger partial charge on any atom is 0.323 e. The van der Waals surface area contributed by atoms with Gasteiger partial charge in [0, 0.05) is 31.7 Å². The lowest BCUT2D eigenvalue weighted by atomic mass is 10.1. The first-order chi connectivity index (χ1) is 11.2. The molecule has 0 spiro atoms. The number of likely N-dealkylation sites (tertiary alicyclic amines) is 1. The van der Waals surface area contributed by atoms with Crippen molar-refractivity contribution >= 4 is 24.3 Å². The van der Waals surface area contributed by atoms with E-state index in [-0.39, 0.29) is 18.4 Å². The van der Waals surface area contributed by atoms with Crippen LogP contribution >= 0.6 is 12.4 Å². The third kappa shape index (κ3) is 2.99. The van der Waals surface area contributed by atoms with Crippen molar-refractivity contribution in [1.29, 1.82) is 0 Å². The average molecular weight is 348 g/mol. The van der Waals surface area contributed by atoms with Gasteiger partial charge in [-0.25, -0.2) is 9.48 Å². The van der Waals surface area contributed by atoms with Gasteiger partial charge in [-0.2, -0.15) is 5.10 Å². The Morgan fingerprint density at radius 1 is 1.29 bits per heavy atom. The van der Waals surface area contributed by atoms with Gasteiger partial charge in [0.2, 0.25) is 0 Å². The lowest BCUT2D eigenvalue weighted by Crippen LogP contribution is -2.41. The predicted octanol–water partition coefficient (Wildman–Crippen LogP) is 2.43. The zero-order chi connectivity index (χ0) is 15.8. The van der Waals surface area contributed by atoms with Crippen molar-refractivity contribution in [3.8, 4) is 5.69 Å². The fourth-order valence-electron chi connectivity index (χ4n) is 3.64. The molecule has 6 nitrogen and oxygen atoms in total. The summed E-state index contributed by atoms with van der Waals surface area (Å²) in [5.74, 6) is 1.31. The molecule has 2 amide bonds. The second kappa shape index (κ2) is 6.83. The summed E-state index contributed by atoms with van der Waals surface area (Å²) in [4.78, 5) is 14.7. The van der Waals surface area contributed by atoms with Crippen LogP contribution in [0, 0.1) is 12.8 Å². The van der Waals surface area contributed by atoms with Crippen LogP contribution in [0.25, 0.3) is 5.69 Å². The Hall–Kier alpha value is -2.05. The summed E-state index contributed by atoms with van der Waals surface area (Å²) in [7, 11) is 0. The van der Waals surface area contributed by atoms with Crippen LogP contribution in [0.1, 0.15) is 12.1 Å². The van der Waals surface area contributed by atoms with E-state index < -0.39 is 0 Å². The second-order valence-electron chi connectivity index (χ2n) is 6.32. The fraction of sp³-hybridized carbons (Fsp3) is 0.412. The third-order valence-electron chi connectivity index (χ3n) is 4.77. The summed E-state index contributed by atoms with van der Waals surface area (Å²) >= 11 is 0. The van der Waals surface area contributed by atoms with E-state index in [1.54, 1.807) is 4.68 Å². The van der Waals surface area contributed by atoms with Gasteiger partial charge in [0.15, 0.2) is 0 Å². The van der Waals surface area contributed by atoms with Gasteiger partial charge in [-0.3, -0.25) is 5.32 Å². The number of amides is 2. The van der Waals surface area contributed by atoms with Gasteiger partial charge in [0.05, 0.1) is 11.4 Å². The first-order valence-corrected chi connectivity index (χ1v) is 8.13. The molecule has 0 radical (unpaired) electrons. The molecule has 2 fully saturated rings. The molecule has 0 bridgehead atoms. The number of para-hydroxylation sites is 1. The van der Waals surface area contributed by atoms with Gasteiger partial charge in [-0.1, -0.05) is 18.2 Å². The summed E-state index contributed by atoms with van der Waals surface area (Å²) < 4.78 is 1.79. The van der Waals surface area contributed by atoms with Crippen LogP contribution in [-0.2, 0) is 0 Å². The fourth-order valence-corrected chi connectivity index (χ4v) is 3.64. The molecule has 1 aromatic heterocycles. The number of fused-ring (bicyclic) bond motifs is 1. The number of hydrogen-bond donors (Lipinski definition) is 2. The van der Waals surface area contributed by atoms with Gasteiger partial charge >= 0.3 is 6.03 Å². The van der Waals surface area contributed by atoms with Crippen LogP contribution in [0.3, 0.4) is 0 Å². The molecule has 1 aromatic carbocycles. The van der Waals surface area contributed by atoms with E-state index in [9.17, 15) is 4.79 Å². The molecule has 24 heavy (non-hydrogen) atoms. The number of nitrogens with one attached hydrogen (secondary N) is 2. The zero-order valence-corrected chi connectivity index (χ0v) is 14.4. The molecule has 2 aliphatic heterocycles. The normalized spacial score (nSPS) is 22.1. The molecular weight excluding hydrogens is 326 g/mol. The molecule has 3 heterocycles. The summed E-state index contributed by atoms with van der Waals surface area (Å²) in [6.07, 6.45) is 1.09. The molecule has 0 unspecified atom stereocenters. The van der Waals surface area contributed by atoms with Crippen molar-refractivity contribution in [1.82, 2.24) is 20.0 Å². The van der Waals surface area contributed by atoms with Crippen LogP contribution < -0.4 is 10.6 Å². The summed E-state index contributed by atoms with van der Waals surface area (Å²) in [6, 6.07) is 12.1. The van der Waals surface area contributed by atoms with Gasteiger partial charge in [0.25, 0.3) is 0 Å². The predicted molar refractivity (Wildman–Crippen MR) is 96.0 cm³/mol. The lowest BCUT2D eigenvalue weighted by Gasteiger charge is -2.23. The SMILES string of the molecule is Cc1cc(NC(=O)N2CC[C@H]3CNC[C@H]32)n(-c2ccccc2)n1.Cl. The molecule has 128 valence electrons. The Bertz CT molecular complexity index is 717. The number of rotatable bonds is 2. The molecule has 4 rings (SSSR count). The number of carbonyl (C=O) groups is 1. The Morgan fingerprint density at radius 3 is 2.88 bits per heavy atom. The van der Waals surface area contributed by atoms with Crippen molar-refractivity contribution in [2.24, 2.45) is 5.92 Å². The monoisotopic (exact) mass is 347 g/mol. The number of anilines is 1. The number of aryl methyl sites for hydroxylation is 1. The number of urea groups is 1. The first kappa shape index (κ1) is 16.8. The highest BCUT2D eigenvalue weighted by atomic mass is 35.5. The summed E-state index contributed by atoms with van der Waals surface area (Å²) in [5, 5.41) is 10.9. The van der Waals surface area contributed by atoms with Crippen molar-refractivity contribution < 1.29 is 4.79 Å². The topological polar surface area (TPSA) is 62.2 Å². The minimum Gasteiger partial charge on any atom is -0.320 e. The van der Waals surface area contributed by atoms with Crippen LogP contribution in [-0.4, -0.2) is 46.4 Å². The third-order valence-corrected chi connectivity index (χ3v) is 4.77. The van der Waals surface area contributed by atoms with E-state index in [2.05, 4.69) is 15.7 Å². The number of hydrogen-bond acceptors (Lipinski definition) is 3. The molecule has 2 aromatic rings. The minimum absolute atomic E-state index is 0. The largest absolute Gasteiger partial charge is 0.323 e.